The van der Waals surface area contributed by atoms with E-state index in [2.05, 4.69) is 32.7 Å². The van der Waals surface area contributed by atoms with Crippen LogP contribution in [0.3, 0.4) is 0 Å². The van der Waals surface area contributed by atoms with Gasteiger partial charge in [0.25, 0.3) is 0 Å². The molecule has 0 atom stereocenters. The monoisotopic (exact) mass is 180 g/mol. The van der Waals surface area contributed by atoms with E-state index in [1.807, 2.05) is 0 Å². The first-order valence-electron chi connectivity index (χ1n) is 3.09. The number of hydrogen-bond acceptors (Lipinski definition) is 1. The van der Waals surface area contributed by atoms with Crippen LogP contribution in [0.25, 0.3) is 0 Å². The SMILES string of the molecule is C[SiH](C)O[Si](C)(C)C.[SiH4]. The molecule has 0 aliphatic carbocycles. The molecule has 9 heavy (non-hydrogen) atoms. The Hall–Kier alpha value is 0.611. The predicted molar refractivity (Wildman–Crippen MR) is 54.6 cm³/mol. The van der Waals surface area contributed by atoms with E-state index in [0.717, 1.165) is 0 Å². The van der Waals surface area contributed by atoms with E-state index in [9.17, 15) is 0 Å². The summed E-state index contributed by atoms with van der Waals surface area (Å²) in [6.07, 6.45) is 0. The molecule has 0 saturated carbocycles. The average molecular weight is 180 g/mol. The summed E-state index contributed by atoms with van der Waals surface area (Å²) in [5, 5.41) is 0. The second-order valence-corrected chi connectivity index (χ2v) is 10.5. The van der Waals surface area contributed by atoms with Crippen LogP contribution in [0, 0.1) is 0 Å². The molecule has 0 aromatic rings. The van der Waals surface area contributed by atoms with Crippen molar-refractivity contribution in [3.63, 3.8) is 0 Å². The Balaban J connectivity index is 0. The fourth-order valence-corrected chi connectivity index (χ4v) is 6.36. The minimum absolute atomic E-state index is 0. The molecule has 0 rings (SSSR count). The van der Waals surface area contributed by atoms with Gasteiger partial charge in [-0.1, -0.05) is 0 Å². The van der Waals surface area contributed by atoms with Gasteiger partial charge in [-0.05, 0) is 43.7 Å². The van der Waals surface area contributed by atoms with Crippen molar-refractivity contribution in [3.05, 3.63) is 0 Å². The molecule has 0 radical (unpaired) electrons. The molecular formula is C5H20OSi3. The van der Waals surface area contributed by atoms with Crippen LogP contribution in [0.15, 0.2) is 0 Å². The molecule has 0 fully saturated rings. The second-order valence-electron chi connectivity index (χ2n) is 3.28. The van der Waals surface area contributed by atoms with Crippen molar-refractivity contribution in [1.82, 2.24) is 0 Å². The summed E-state index contributed by atoms with van der Waals surface area (Å²) in [6.45, 7) is 11.1. The normalized spacial score (nSPS) is 11.3. The molecule has 0 amide bonds. The maximum Gasteiger partial charge on any atom is 0.170 e. The van der Waals surface area contributed by atoms with Crippen molar-refractivity contribution < 1.29 is 4.12 Å². The molecule has 0 heterocycles. The van der Waals surface area contributed by atoms with Crippen LogP contribution in [0.4, 0.5) is 0 Å². The summed E-state index contributed by atoms with van der Waals surface area (Å²) in [5.74, 6) is 0. The first kappa shape index (κ1) is 12.3. The summed E-state index contributed by atoms with van der Waals surface area (Å²) in [6, 6.07) is 0. The second kappa shape index (κ2) is 4.43. The lowest BCUT2D eigenvalue weighted by Gasteiger charge is -2.19. The molecule has 0 aliphatic heterocycles. The average Bonchev–Trinajstić information content (AvgIpc) is 1.21. The van der Waals surface area contributed by atoms with Crippen LogP contribution in [-0.4, -0.2) is 28.3 Å². The molecule has 0 N–H and O–H groups in total. The van der Waals surface area contributed by atoms with Crippen molar-refractivity contribution in [3.8, 4) is 0 Å². The van der Waals surface area contributed by atoms with Crippen molar-refractivity contribution in [2.24, 2.45) is 0 Å². The predicted octanol–water partition coefficient (Wildman–Crippen LogP) is 0.370. The highest BCUT2D eigenvalue weighted by atomic mass is 28.4. The van der Waals surface area contributed by atoms with Crippen LogP contribution >= 0.6 is 0 Å². The topological polar surface area (TPSA) is 9.23 Å². The Morgan fingerprint density at radius 2 is 1.44 bits per heavy atom. The molecule has 0 aliphatic rings. The Morgan fingerprint density at radius 1 is 1.11 bits per heavy atom. The van der Waals surface area contributed by atoms with E-state index in [1.165, 1.54) is 0 Å². The van der Waals surface area contributed by atoms with E-state index in [4.69, 9.17) is 4.12 Å². The lowest BCUT2D eigenvalue weighted by molar-refractivity contribution is 0.583. The summed E-state index contributed by atoms with van der Waals surface area (Å²) >= 11 is 0. The summed E-state index contributed by atoms with van der Waals surface area (Å²) in [4.78, 5) is 0. The molecule has 58 valence electrons. The Morgan fingerprint density at radius 3 is 1.44 bits per heavy atom. The summed E-state index contributed by atoms with van der Waals surface area (Å²) in [5.41, 5.74) is 0. The minimum Gasteiger partial charge on any atom is -0.458 e. The highest BCUT2D eigenvalue weighted by Crippen LogP contribution is 2.03. The zero-order chi connectivity index (χ0) is 6.78. The van der Waals surface area contributed by atoms with Gasteiger partial charge in [0.1, 0.15) is 0 Å². The molecule has 0 spiro atoms. The van der Waals surface area contributed by atoms with E-state index < -0.39 is 17.4 Å². The van der Waals surface area contributed by atoms with Crippen molar-refractivity contribution in [2.75, 3.05) is 0 Å². The summed E-state index contributed by atoms with van der Waals surface area (Å²) < 4.78 is 5.72. The quantitative estimate of drug-likeness (QED) is 0.558. The van der Waals surface area contributed by atoms with Gasteiger partial charge in [-0.3, -0.25) is 0 Å². The summed E-state index contributed by atoms with van der Waals surface area (Å²) in [7, 11) is -1.89. The Bertz CT molecular complexity index is 67.1. The van der Waals surface area contributed by atoms with E-state index >= 15 is 0 Å². The third kappa shape index (κ3) is 12.0. The smallest absolute Gasteiger partial charge is 0.170 e. The van der Waals surface area contributed by atoms with Crippen LogP contribution in [0.1, 0.15) is 0 Å². The molecule has 4 heteroatoms. The molecular weight excluding hydrogens is 160 g/mol. The van der Waals surface area contributed by atoms with E-state index in [0.29, 0.717) is 0 Å². The van der Waals surface area contributed by atoms with Crippen molar-refractivity contribution in [1.29, 1.82) is 0 Å². The standard InChI is InChI=1S/C5H16OSi2.H4Si/c1-7(2)6-8(3,4)5;/h7H,1-5H3;1H4. The van der Waals surface area contributed by atoms with Crippen LogP contribution < -0.4 is 0 Å². The lowest BCUT2D eigenvalue weighted by Crippen LogP contribution is -2.31. The van der Waals surface area contributed by atoms with Gasteiger partial charge >= 0.3 is 0 Å². The van der Waals surface area contributed by atoms with E-state index in [1.54, 1.807) is 0 Å². The zero-order valence-corrected chi connectivity index (χ0v) is 8.64. The van der Waals surface area contributed by atoms with Gasteiger partial charge in [0.2, 0.25) is 0 Å². The molecule has 0 aromatic carbocycles. The van der Waals surface area contributed by atoms with Crippen molar-refractivity contribution >= 4 is 28.3 Å². The van der Waals surface area contributed by atoms with Gasteiger partial charge in [0.05, 0.1) is 0 Å². The first-order chi connectivity index (χ1) is 3.42. The fraction of sp³-hybridized carbons (Fsp3) is 1.00. The molecule has 0 bridgehead atoms. The molecule has 0 saturated heterocycles. The van der Waals surface area contributed by atoms with Gasteiger partial charge in [-0.2, -0.15) is 0 Å². The number of rotatable bonds is 2. The zero-order valence-electron chi connectivity index (χ0n) is 6.49. The van der Waals surface area contributed by atoms with Crippen LogP contribution in [-0.2, 0) is 4.12 Å². The number of hydrogen-bond donors (Lipinski definition) is 0. The van der Waals surface area contributed by atoms with Crippen molar-refractivity contribution in [2.45, 2.75) is 32.7 Å². The largest absolute Gasteiger partial charge is 0.458 e. The van der Waals surface area contributed by atoms with Gasteiger partial charge in [-0.15, -0.1) is 0 Å². The third-order valence-electron chi connectivity index (χ3n) is 0.589. The Labute approximate surface area is 65.7 Å². The minimum atomic E-state index is -1.16. The van der Waals surface area contributed by atoms with Gasteiger partial charge < -0.3 is 4.12 Å². The maximum atomic E-state index is 5.72. The highest BCUT2D eigenvalue weighted by molar-refractivity contribution is 6.76. The molecule has 1 nitrogen and oxygen atoms in total. The van der Waals surface area contributed by atoms with Crippen LogP contribution in [0.2, 0.25) is 32.7 Å². The third-order valence-corrected chi connectivity index (χ3v) is 5.30. The fourth-order valence-electron chi connectivity index (χ4n) is 0.707. The molecule has 0 aromatic heterocycles. The van der Waals surface area contributed by atoms with Gasteiger partial charge in [0.15, 0.2) is 17.4 Å². The first-order valence-corrected chi connectivity index (χ1v) is 9.28. The Kier molecular flexibility index (Phi) is 6.06. The lowest BCUT2D eigenvalue weighted by atomic mass is 11.8. The van der Waals surface area contributed by atoms with Gasteiger partial charge in [-0.25, -0.2) is 0 Å². The van der Waals surface area contributed by atoms with E-state index in [-0.39, 0.29) is 11.0 Å². The molecule has 0 unspecified atom stereocenters. The van der Waals surface area contributed by atoms with Crippen LogP contribution in [0.5, 0.6) is 0 Å². The van der Waals surface area contributed by atoms with Gasteiger partial charge in [0, 0.05) is 0 Å². The maximum absolute atomic E-state index is 5.72. The highest BCUT2D eigenvalue weighted by Gasteiger charge is 2.14.